The molecule has 2 heterocycles. The molecule has 0 N–H and O–H groups in total. The van der Waals surface area contributed by atoms with Gasteiger partial charge >= 0.3 is 0 Å². The summed E-state index contributed by atoms with van der Waals surface area (Å²) in [6, 6.07) is 53.1. The zero-order valence-corrected chi connectivity index (χ0v) is 27.2. The molecule has 8 rings (SSSR count). The van der Waals surface area contributed by atoms with E-state index in [0.717, 1.165) is 22.3 Å². The van der Waals surface area contributed by atoms with E-state index in [1.807, 2.05) is 175 Å². The first kappa shape index (κ1) is 30.4. The maximum absolute atomic E-state index is 15.6. The van der Waals surface area contributed by atoms with E-state index in [1.165, 1.54) is 0 Å². The number of hydrogen-bond acceptors (Lipinski definition) is 3. The molecular weight excluding hydrogens is 628 g/mol. The van der Waals surface area contributed by atoms with Crippen LogP contribution in [0.5, 0.6) is 0 Å². The quantitative estimate of drug-likeness (QED) is 0.185. The lowest BCUT2D eigenvalue weighted by Gasteiger charge is -2.48. The number of carbonyl (C=O) groups is 2. The van der Waals surface area contributed by atoms with Crippen LogP contribution in [-0.2, 0) is 15.3 Å². The molecule has 238 valence electrons. The normalized spacial score (nSPS) is 18.6. The monoisotopic (exact) mass is 658 g/mol. The SMILES string of the molecule is O=C(c1ccccc1)N1c2ccccc2N2C(=O)C(c3ccccc3)=C(c3ccccc3)O[C@@]2(c2ccc(Cl)cc2)C[C@@H]1c1ccccc1. The van der Waals surface area contributed by atoms with Gasteiger partial charge in [-0.1, -0.05) is 145 Å². The second-order valence-corrected chi connectivity index (χ2v) is 12.6. The van der Waals surface area contributed by atoms with Crippen molar-refractivity contribution < 1.29 is 14.3 Å². The van der Waals surface area contributed by atoms with Crippen LogP contribution in [0.3, 0.4) is 0 Å². The van der Waals surface area contributed by atoms with Crippen LogP contribution in [0.25, 0.3) is 11.3 Å². The number of nitrogens with zero attached hydrogens (tertiary/aromatic N) is 2. The highest BCUT2D eigenvalue weighted by atomic mass is 35.5. The van der Waals surface area contributed by atoms with Crippen LogP contribution in [0.15, 0.2) is 170 Å². The van der Waals surface area contributed by atoms with Crippen LogP contribution in [0, 0.1) is 0 Å². The first-order valence-electron chi connectivity index (χ1n) is 16.2. The fourth-order valence-corrected chi connectivity index (χ4v) is 7.16. The Kier molecular flexibility index (Phi) is 7.83. The lowest BCUT2D eigenvalue weighted by atomic mass is 9.86. The van der Waals surface area contributed by atoms with Gasteiger partial charge in [-0.15, -0.1) is 0 Å². The predicted molar refractivity (Wildman–Crippen MR) is 195 cm³/mol. The van der Waals surface area contributed by atoms with Gasteiger partial charge in [0, 0.05) is 28.1 Å². The van der Waals surface area contributed by atoms with Gasteiger partial charge in [-0.25, -0.2) is 0 Å². The van der Waals surface area contributed by atoms with Gasteiger partial charge < -0.3 is 4.74 Å². The fraction of sp³-hybridized carbons (Fsp3) is 0.0698. The minimum absolute atomic E-state index is 0.181. The lowest BCUT2D eigenvalue weighted by molar-refractivity contribution is -0.120. The van der Waals surface area contributed by atoms with E-state index in [0.29, 0.717) is 33.3 Å². The minimum atomic E-state index is -1.40. The number of hydrogen-bond donors (Lipinski definition) is 0. The summed E-state index contributed by atoms with van der Waals surface area (Å²) in [4.78, 5) is 33.9. The summed E-state index contributed by atoms with van der Waals surface area (Å²) >= 11 is 6.47. The summed E-state index contributed by atoms with van der Waals surface area (Å²) in [5, 5.41) is 0.562. The zero-order valence-electron chi connectivity index (χ0n) is 26.4. The van der Waals surface area contributed by atoms with E-state index in [2.05, 4.69) is 0 Å². The Balaban J connectivity index is 1.47. The molecule has 0 saturated carbocycles. The molecule has 0 radical (unpaired) electrons. The molecule has 5 nitrogen and oxygen atoms in total. The minimum Gasteiger partial charge on any atom is -0.462 e. The second-order valence-electron chi connectivity index (χ2n) is 12.1. The van der Waals surface area contributed by atoms with Gasteiger partial charge in [0.1, 0.15) is 5.76 Å². The molecule has 2 aliphatic heterocycles. The molecule has 0 saturated heterocycles. The van der Waals surface area contributed by atoms with Crippen LogP contribution < -0.4 is 9.80 Å². The number of fused-ring (bicyclic) bond motifs is 3. The molecule has 6 aromatic rings. The van der Waals surface area contributed by atoms with Crippen molar-refractivity contribution in [3.63, 3.8) is 0 Å². The Morgan fingerprint density at radius 3 is 1.80 bits per heavy atom. The van der Waals surface area contributed by atoms with Crippen molar-refractivity contribution in [2.75, 3.05) is 9.80 Å². The molecule has 0 unspecified atom stereocenters. The maximum Gasteiger partial charge on any atom is 0.266 e. The number of ether oxygens (including phenoxy) is 1. The van der Waals surface area contributed by atoms with Gasteiger partial charge in [-0.2, -0.15) is 0 Å². The van der Waals surface area contributed by atoms with Crippen molar-refractivity contribution in [1.82, 2.24) is 0 Å². The summed E-state index contributed by atoms with van der Waals surface area (Å²) in [5.41, 5.74) is 3.89. The first-order chi connectivity index (χ1) is 24.0. The molecule has 0 aliphatic carbocycles. The predicted octanol–water partition coefficient (Wildman–Crippen LogP) is 9.92. The Labute approximate surface area is 290 Å². The molecule has 6 aromatic carbocycles. The molecule has 2 aliphatic rings. The number of para-hydroxylation sites is 2. The second kappa shape index (κ2) is 12.6. The highest BCUT2D eigenvalue weighted by Gasteiger charge is 2.56. The smallest absolute Gasteiger partial charge is 0.266 e. The third kappa shape index (κ3) is 5.29. The summed E-state index contributed by atoms with van der Waals surface area (Å²) in [5.74, 6) is 0.0506. The summed E-state index contributed by atoms with van der Waals surface area (Å²) in [6.45, 7) is 0. The molecule has 2 atom stereocenters. The number of anilines is 2. The van der Waals surface area contributed by atoms with E-state index >= 15 is 4.79 Å². The standard InChI is InChI=1S/C43H31ClN2O3/c44-35-27-25-34(26-28-35)43-29-38(30-15-5-1-6-16-30)45(41(47)33-21-11-4-12-22-33)36-23-13-14-24-37(36)46(43)42(48)39(31-17-7-2-8-18-31)40(49-43)32-19-9-3-10-20-32/h1-28,38H,29H2/t38-,43-/m1/s1. The first-order valence-corrected chi connectivity index (χ1v) is 16.6. The van der Waals surface area contributed by atoms with Crippen molar-refractivity contribution in [3.05, 3.63) is 203 Å². The number of amides is 2. The van der Waals surface area contributed by atoms with Gasteiger partial charge in [0.2, 0.25) is 5.72 Å². The number of benzene rings is 6. The van der Waals surface area contributed by atoms with Gasteiger partial charge in [0.15, 0.2) is 0 Å². The van der Waals surface area contributed by atoms with Crippen molar-refractivity contribution in [1.29, 1.82) is 0 Å². The van der Waals surface area contributed by atoms with Crippen LogP contribution in [0.4, 0.5) is 11.4 Å². The molecular formula is C43H31ClN2O3. The van der Waals surface area contributed by atoms with E-state index in [1.54, 1.807) is 4.90 Å². The number of carbonyl (C=O) groups excluding carboxylic acids is 2. The molecule has 0 fully saturated rings. The molecule has 2 amide bonds. The van der Waals surface area contributed by atoms with Crippen molar-refractivity contribution in [2.45, 2.75) is 18.2 Å². The molecule has 0 aromatic heterocycles. The third-order valence-electron chi connectivity index (χ3n) is 9.26. The summed E-state index contributed by atoms with van der Waals surface area (Å²) < 4.78 is 7.45. The molecule has 49 heavy (non-hydrogen) atoms. The van der Waals surface area contributed by atoms with Crippen LogP contribution >= 0.6 is 11.6 Å². The van der Waals surface area contributed by atoms with Gasteiger partial charge in [0.05, 0.1) is 23.0 Å². The van der Waals surface area contributed by atoms with Crippen molar-refractivity contribution in [3.8, 4) is 0 Å². The summed E-state index contributed by atoms with van der Waals surface area (Å²) in [6.07, 6.45) is 0.218. The summed E-state index contributed by atoms with van der Waals surface area (Å²) in [7, 11) is 0. The third-order valence-corrected chi connectivity index (χ3v) is 9.51. The number of halogens is 1. The zero-order chi connectivity index (χ0) is 33.4. The van der Waals surface area contributed by atoms with Gasteiger partial charge in [-0.05, 0) is 47.5 Å². The fourth-order valence-electron chi connectivity index (χ4n) is 7.03. The maximum atomic E-state index is 15.6. The van der Waals surface area contributed by atoms with Crippen molar-refractivity contribution in [2.24, 2.45) is 0 Å². The largest absolute Gasteiger partial charge is 0.462 e. The highest BCUT2D eigenvalue weighted by molar-refractivity contribution is 6.33. The number of rotatable bonds is 5. The van der Waals surface area contributed by atoms with E-state index in [4.69, 9.17) is 16.3 Å². The average molecular weight is 659 g/mol. The lowest BCUT2D eigenvalue weighted by Crippen LogP contribution is -2.55. The Morgan fingerprint density at radius 1 is 0.633 bits per heavy atom. The molecule has 0 spiro atoms. The highest BCUT2D eigenvalue weighted by Crippen LogP contribution is 2.56. The van der Waals surface area contributed by atoms with Gasteiger partial charge in [0.25, 0.3) is 11.8 Å². The molecule has 6 heteroatoms. The average Bonchev–Trinajstić information content (AvgIpc) is 3.29. The van der Waals surface area contributed by atoms with Gasteiger partial charge in [-0.3, -0.25) is 19.4 Å². The molecule has 0 bridgehead atoms. The van der Waals surface area contributed by atoms with Crippen LogP contribution in [0.2, 0.25) is 5.02 Å². The van der Waals surface area contributed by atoms with Crippen LogP contribution in [-0.4, -0.2) is 11.8 Å². The van der Waals surface area contributed by atoms with Crippen LogP contribution in [0.1, 0.15) is 45.1 Å². The Morgan fingerprint density at radius 2 is 1.16 bits per heavy atom. The van der Waals surface area contributed by atoms with E-state index < -0.39 is 11.8 Å². The Hall–Kier alpha value is -5.91. The van der Waals surface area contributed by atoms with Crippen molar-refractivity contribution >= 4 is 46.1 Å². The van der Waals surface area contributed by atoms with E-state index in [9.17, 15) is 4.79 Å². The topological polar surface area (TPSA) is 49.9 Å². The van der Waals surface area contributed by atoms with E-state index in [-0.39, 0.29) is 18.2 Å². The Bertz CT molecular complexity index is 2170.